The van der Waals surface area contributed by atoms with Crippen LogP contribution in [0.1, 0.15) is 36.8 Å². The summed E-state index contributed by atoms with van der Waals surface area (Å²) >= 11 is 0. The van der Waals surface area contributed by atoms with Crippen LogP contribution in [0.3, 0.4) is 0 Å². The fourth-order valence-electron chi connectivity index (χ4n) is 3.30. The number of aryl methyl sites for hydroxylation is 1. The van der Waals surface area contributed by atoms with Crippen molar-refractivity contribution in [2.24, 2.45) is 5.92 Å². The Labute approximate surface area is 162 Å². The maximum atomic E-state index is 13.6. The topological polar surface area (TPSA) is 98.2 Å². The van der Waals surface area contributed by atoms with Crippen molar-refractivity contribution in [1.82, 2.24) is 15.2 Å². The van der Waals surface area contributed by atoms with E-state index in [0.717, 1.165) is 10.9 Å². The quantitative estimate of drug-likeness (QED) is 0.829. The van der Waals surface area contributed by atoms with Crippen LogP contribution in [0.5, 0.6) is 0 Å². The third kappa shape index (κ3) is 4.09. The fraction of sp³-hybridized carbons (Fsp3) is 0.450. The van der Waals surface area contributed by atoms with E-state index in [1.807, 2.05) is 0 Å². The summed E-state index contributed by atoms with van der Waals surface area (Å²) in [6.45, 7) is 7.44. The van der Waals surface area contributed by atoms with Gasteiger partial charge in [0.05, 0.1) is 18.0 Å². The average molecular weight is 386 g/mol. The Morgan fingerprint density at radius 3 is 2.68 bits per heavy atom. The van der Waals surface area contributed by atoms with Gasteiger partial charge in [0, 0.05) is 24.0 Å². The van der Waals surface area contributed by atoms with E-state index in [1.165, 1.54) is 17.0 Å². The summed E-state index contributed by atoms with van der Waals surface area (Å²) in [4.78, 5) is 29.2. The van der Waals surface area contributed by atoms with Gasteiger partial charge in [0.2, 0.25) is 0 Å². The van der Waals surface area contributed by atoms with E-state index in [0.29, 0.717) is 5.52 Å². The van der Waals surface area contributed by atoms with E-state index in [4.69, 9.17) is 4.74 Å². The summed E-state index contributed by atoms with van der Waals surface area (Å²) in [5, 5.41) is 13.0. The van der Waals surface area contributed by atoms with Gasteiger partial charge in [-0.1, -0.05) is 0 Å². The minimum Gasteiger partial charge on any atom is -0.444 e. The molecule has 2 amide bonds. The molecule has 1 fully saturated rings. The first-order chi connectivity index (χ1) is 13.1. The maximum Gasteiger partial charge on any atom is 0.410 e. The number of benzene rings is 1. The zero-order valence-corrected chi connectivity index (χ0v) is 16.3. The number of halogens is 1. The molecular formula is C20H23FN4O3. The number of amides is 2. The molecule has 0 bridgehead atoms. The average Bonchev–Trinajstić information content (AvgIpc) is 3.17. The molecular weight excluding hydrogens is 363 g/mol. The van der Waals surface area contributed by atoms with Crippen LogP contribution in [-0.4, -0.2) is 46.6 Å². The molecule has 2 N–H and O–H groups in total. The molecule has 2 aromatic rings. The molecule has 8 heteroatoms. The first kappa shape index (κ1) is 19.7. The first-order valence-corrected chi connectivity index (χ1v) is 9.04. The van der Waals surface area contributed by atoms with Gasteiger partial charge < -0.3 is 19.9 Å². The predicted octanol–water partition coefficient (Wildman–Crippen LogP) is 3.10. The second kappa shape index (κ2) is 7.15. The lowest BCUT2D eigenvalue weighted by Gasteiger charge is -2.24. The van der Waals surface area contributed by atoms with Gasteiger partial charge >= 0.3 is 6.09 Å². The SMILES string of the molecule is Cc1cc(F)cc2[nH]c(C(=O)N[C@@H]3CN(C(=O)OC(C)(C)C)C[C@@H]3C#N)cc12. The van der Waals surface area contributed by atoms with Gasteiger partial charge in [-0.25, -0.2) is 9.18 Å². The molecule has 0 unspecified atom stereocenters. The number of hydrogen-bond donors (Lipinski definition) is 2. The molecule has 3 rings (SSSR count). The van der Waals surface area contributed by atoms with Crippen LogP contribution in [0.15, 0.2) is 18.2 Å². The number of fused-ring (bicyclic) bond motifs is 1. The number of aromatic amines is 1. The highest BCUT2D eigenvalue weighted by Gasteiger charge is 2.38. The standard InChI is InChI=1S/C20H23FN4O3/c1-11-5-13(21)6-15-14(11)7-16(23-15)18(26)24-17-10-25(9-12(17)8-22)19(27)28-20(2,3)4/h5-7,12,17,23H,9-10H2,1-4H3,(H,24,26)/t12-,17+/m0/s1. The number of carbonyl (C=O) groups excluding carboxylic acids is 2. The fourth-order valence-corrected chi connectivity index (χ4v) is 3.30. The van der Waals surface area contributed by atoms with Crippen LogP contribution in [0.25, 0.3) is 10.9 Å². The molecule has 7 nitrogen and oxygen atoms in total. The number of nitrogens with zero attached hydrogens (tertiary/aromatic N) is 2. The molecule has 2 heterocycles. The van der Waals surface area contributed by atoms with Crippen molar-refractivity contribution in [2.45, 2.75) is 39.3 Å². The van der Waals surface area contributed by atoms with Gasteiger partial charge in [-0.3, -0.25) is 4.79 Å². The van der Waals surface area contributed by atoms with Crippen LogP contribution in [0, 0.1) is 30.0 Å². The third-order valence-corrected chi connectivity index (χ3v) is 4.61. The summed E-state index contributed by atoms with van der Waals surface area (Å²) in [6, 6.07) is 6.01. The van der Waals surface area contributed by atoms with Crippen LogP contribution >= 0.6 is 0 Å². The largest absolute Gasteiger partial charge is 0.444 e. The molecule has 1 aromatic heterocycles. The number of nitrogens with one attached hydrogen (secondary N) is 2. The van der Waals surface area contributed by atoms with Crippen molar-refractivity contribution in [2.75, 3.05) is 13.1 Å². The highest BCUT2D eigenvalue weighted by Crippen LogP contribution is 2.23. The van der Waals surface area contributed by atoms with E-state index in [1.54, 1.807) is 33.8 Å². The number of nitriles is 1. The van der Waals surface area contributed by atoms with Crippen LogP contribution in [-0.2, 0) is 4.74 Å². The maximum absolute atomic E-state index is 13.6. The minimum absolute atomic E-state index is 0.187. The molecule has 0 aliphatic carbocycles. The van der Waals surface area contributed by atoms with Crippen molar-refractivity contribution in [3.8, 4) is 6.07 Å². The van der Waals surface area contributed by atoms with E-state index in [-0.39, 0.29) is 24.6 Å². The van der Waals surface area contributed by atoms with Gasteiger partial charge in [-0.15, -0.1) is 0 Å². The van der Waals surface area contributed by atoms with Crippen molar-refractivity contribution in [1.29, 1.82) is 5.26 Å². The number of aromatic nitrogens is 1. The van der Waals surface area contributed by atoms with Gasteiger partial charge in [-0.2, -0.15) is 5.26 Å². The minimum atomic E-state index is -0.641. The summed E-state index contributed by atoms with van der Waals surface area (Å²) in [7, 11) is 0. The molecule has 1 aromatic carbocycles. The Morgan fingerprint density at radius 2 is 2.04 bits per heavy atom. The highest BCUT2D eigenvalue weighted by atomic mass is 19.1. The Morgan fingerprint density at radius 1 is 1.32 bits per heavy atom. The van der Waals surface area contributed by atoms with E-state index < -0.39 is 29.6 Å². The first-order valence-electron chi connectivity index (χ1n) is 9.04. The van der Waals surface area contributed by atoms with E-state index in [9.17, 15) is 19.2 Å². The molecule has 1 saturated heterocycles. The monoisotopic (exact) mass is 386 g/mol. The molecule has 0 radical (unpaired) electrons. The highest BCUT2D eigenvalue weighted by molar-refractivity contribution is 5.99. The van der Waals surface area contributed by atoms with Gasteiger partial charge in [0.25, 0.3) is 5.91 Å². The summed E-state index contributed by atoms with van der Waals surface area (Å²) in [5.41, 5.74) is 0.882. The number of ether oxygens (including phenoxy) is 1. The van der Waals surface area contributed by atoms with Crippen LogP contribution in [0.2, 0.25) is 0 Å². The molecule has 1 aliphatic heterocycles. The second-order valence-corrected chi connectivity index (χ2v) is 8.07. The molecule has 1 aliphatic rings. The number of likely N-dealkylation sites (tertiary alicyclic amines) is 1. The molecule has 148 valence electrons. The van der Waals surface area contributed by atoms with Gasteiger partial charge in [0.15, 0.2) is 0 Å². The van der Waals surface area contributed by atoms with Crippen LogP contribution in [0.4, 0.5) is 9.18 Å². The van der Waals surface area contributed by atoms with Gasteiger partial charge in [0.1, 0.15) is 17.1 Å². The lowest BCUT2D eigenvalue weighted by Crippen LogP contribution is -2.41. The summed E-state index contributed by atoms with van der Waals surface area (Å²) in [5.74, 6) is -1.33. The summed E-state index contributed by atoms with van der Waals surface area (Å²) in [6.07, 6.45) is -0.513. The Balaban J connectivity index is 1.73. The van der Waals surface area contributed by atoms with Gasteiger partial charge in [-0.05, 0) is 51.5 Å². The van der Waals surface area contributed by atoms with Crippen molar-refractivity contribution in [3.05, 3.63) is 35.3 Å². The Kier molecular flexibility index (Phi) is 5.02. The lowest BCUT2D eigenvalue weighted by molar-refractivity contribution is 0.0287. The number of H-pyrrole nitrogens is 1. The van der Waals surface area contributed by atoms with Crippen molar-refractivity contribution >= 4 is 22.9 Å². The zero-order valence-electron chi connectivity index (χ0n) is 16.3. The number of carbonyl (C=O) groups is 2. The van der Waals surface area contributed by atoms with E-state index in [2.05, 4.69) is 16.4 Å². The normalized spacial score (nSPS) is 19.5. The molecule has 0 saturated carbocycles. The van der Waals surface area contributed by atoms with Crippen molar-refractivity contribution < 1.29 is 18.7 Å². The van der Waals surface area contributed by atoms with E-state index >= 15 is 0 Å². The Bertz CT molecular complexity index is 970. The Hall–Kier alpha value is -3.08. The number of rotatable bonds is 2. The molecule has 0 spiro atoms. The molecule has 2 atom stereocenters. The van der Waals surface area contributed by atoms with Crippen LogP contribution < -0.4 is 5.32 Å². The zero-order chi connectivity index (χ0) is 20.6. The van der Waals surface area contributed by atoms with Crippen molar-refractivity contribution in [3.63, 3.8) is 0 Å². The second-order valence-electron chi connectivity index (χ2n) is 8.07. The number of hydrogen-bond acceptors (Lipinski definition) is 4. The smallest absolute Gasteiger partial charge is 0.410 e. The summed E-state index contributed by atoms with van der Waals surface area (Å²) < 4.78 is 18.9. The predicted molar refractivity (Wildman–Crippen MR) is 101 cm³/mol. The lowest BCUT2D eigenvalue weighted by atomic mass is 10.1. The molecule has 28 heavy (non-hydrogen) atoms. The third-order valence-electron chi connectivity index (χ3n) is 4.61.